The molecule has 0 radical (unpaired) electrons. The Balaban J connectivity index is 0.00000128. The molecule has 1 N–H and O–H groups in total. The quantitative estimate of drug-likeness (QED) is 0.791. The molecule has 0 bridgehead atoms. The summed E-state index contributed by atoms with van der Waals surface area (Å²) >= 11 is -3.41. The summed E-state index contributed by atoms with van der Waals surface area (Å²) in [7, 11) is 0. The van der Waals surface area contributed by atoms with E-state index in [0.717, 1.165) is 6.42 Å². The van der Waals surface area contributed by atoms with Gasteiger partial charge in [0.1, 0.15) is 0 Å². The number of aromatic nitrogens is 1. The van der Waals surface area contributed by atoms with Gasteiger partial charge in [0.25, 0.3) is 0 Å². The summed E-state index contributed by atoms with van der Waals surface area (Å²) in [6.45, 7) is 0. The van der Waals surface area contributed by atoms with E-state index in [0.29, 0.717) is 0 Å². The van der Waals surface area contributed by atoms with Gasteiger partial charge in [-0.25, -0.2) is 0 Å². The second-order valence-corrected chi connectivity index (χ2v) is 23.0. The van der Waals surface area contributed by atoms with Crippen molar-refractivity contribution < 1.29 is 13.6 Å². The second kappa shape index (κ2) is 4.24. The Morgan fingerprint density at radius 3 is 2.29 bits per heavy atom. The molecule has 1 nitrogen and oxygen atoms in total. The number of hydrogen-bond donors (Lipinski definition) is 1. The number of nitrogens with one attached hydrogen (secondary N) is 1. The molecule has 97 valence electrons. The maximum atomic E-state index is 4.71. The van der Waals surface area contributed by atoms with Crippen LogP contribution in [-0.4, -0.2) is 9.80 Å². The zero-order valence-corrected chi connectivity index (χ0v) is 13.9. The van der Waals surface area contributed by atoms with Crippen molar-refractivity contribution >= 4 is 33.6 Å². The molecule has 0 fully saturated rings. The molecular weight excluding hydrogens is 289 g/mol. The van der Waals surface area contributed by atoms with Crippen LogP contribution in [0.5, 0.6) is 0 Å². The molecular formula is C13H22Cl2NTi. The topological polar surface area (TPSA) is 15.8 Å². The summed E-state index contributed by atoms with van der Waals surface area (Å²) in [5, 5.41) is 7.14. The van der Waals surface area contributed by atoms with Crippen molar-refractivity contribution in [3.05, 3.63) is 40.4 Å². The van der Waals surface area contributed by atoms with Crippen molar-refractivity contribution in [2.45, 2.75) is 22.1 Å². The van der Waals surface area contributed by atoms with Gasteiger partial charge in [-0.1, -0.05) is 0 Å². The summed E-state index contributed by atoms with van der Waals surface area (Å²) in [6, 6.07) is 4.26. The Bertz CT molecular complexity index is 530. The first-order valence-corrected chi connectivity index (χ1v) is 12.9. The number of H-pyrrole nitrogens is 1. The number of allylic oxidation sites excluding steroid dienone is 4. The summed E-state index contributed by atoms with van der Waals surface area (Å²) in [4.78, 5) is 8.09. The van der Waals surface area contributed by atoms with Crippen molar-refractivity contribution in [3.63, 3.8) is 0 Å². The molecule has 1 aliphatic carbocycles. The Morgan fingerprint density at radius 2 is 1.88 bits per heavy atom. The van der Waals surface area contributed by atoms with Crippen LogP contribution in [0.25, 0.3) is 0 Å². The number of rotatable bonds is 2. The minimum atomic E-state index is -3.41. The molecule has 0 saturated carbocycles. The number of aromatic amines is 1. The van der Waals surface area contributed by atoms with E-state index in [2.05, 4.69) is 51.0 Å². The average molecular weight is 311 g/mol. The molecule has 0 aliphatic heterocycles. The van der Waals surface area contributed by atoms with Crippen molar-refractivity contribution in [2.24, 2.45) is 0 Å². The van der Waals surface area contributed by atoms with E-state index >= 15 is 0 Å². The van der Waals surface area contributed by atoms with Crippen LogP contribution in [0.4, 0.5) is 0 Å². The molecule has 0 aromatic carbocycles. The molecule has 0 amide bonds. The van der Waals surface area contributed by atoms with Gasteiger partial charge in [0.05, 0.1) is 0 Å². The monoisotopic (exact) mass is 310 g/mol. The van der Waals surface area contributed by atoms with Crippen molar-refractivity contribution in [1.29, 1.82) is 0 Å². The van der Waals surface area contributed by atoms with Gasteiger partial charge in [-0.05, 0) is 0 Å². The van der Waals surface area contributed by atoms with E-state index < -0.39 is 13.6 Å². The molecule has 0 saturated heterocycles. The Labute approximate surface area is 114 Å². The van der Waals surface area contributed by atoms with Crippen LogP contribution in [0.1, 0.15) is 6.42 Å². The van der Waals surface area contributed by atoms with Crippen LogP contribution < -0.4 is 4.00 Å². The van der Waals surface area contributed by atoms with Gasteiger partial charge in [0, 0.05) is 0 Å². The van der Waals surface area contributed by atoms with Crippen LogP contribution in [-0.2, 0) is 13.6 Å². The van der Waals surface area contributed by atoms with Crippen molar-refractivity contribution in [3.8, 4) is 0 Å². The number of halogens is 2. The molecule has 1 aliphatic rings. The summed E-state index contributed by atoms with van der Waals surface area (Å²) < 4.78 is 2.86. The minimum absolute atomic E-state index is 0. The fourth-order valence-electron chi connectivity index (χ4n) is 2.38. The van der Waals surface area contributed by atoms with E-state index in [4.69, 9.17) is 4.82 Å². The van der Waals surface area contributed by atoms with E-state index in [1.54, 1.807) is 0 Å². The van der Waals surface area contributed by atoms with Gasteiger partial charge >= 0.3 is 89.9 Å². The molecule has 4 heteroatoms. The summed E-state index contributed by atoms with van der Waals surface area (Å²) in [5.74, 6) is 0. The standard InChI is InChI=1S/C5H5.C4H4N.3CH3.CH2.2ClH.Ti/c2*1-2-4-5-3-1;;;;;;;/h1-3H,4H2;1-3,5H;3*1H3;1H2;2*1H;. The summed E-state index contributed by atoms with van der Waals surface area (Å²) in [6.07, 6.45) is 9.71. The van der Waals surface area contributed by atoms with E-state index in [-0.39, 0.29) is 24.8 Å². The third-order valence-electron chi connectivity index (χ3n) is 3.85. The third kappa shape index (κ3) is 2.68. The molecule has 17 heavy (non-hydrogen) atoms. The first-order valence-electron chi connectivity index (χ1n) is 5.56. The fraction of sp³-hybridized carbons (Fsp3) is 0.308. The Hall–Kier alpha value is -0.0757. The van der Waals surface area contributed by atoms with Crippen molar-refractivity contribution in [2.75, 3.05) is 0 Å². The molecule has 2 rings (SSSR count). The van der Waals surface area contributed by atoms with Crippen LogP contribution >= 0.6 is 24.8 Å². The van der Waals surface area contributed by atoms with Gasteiger partial charge in [-0.3, -0.25) is 0 Å². The summed E-state index contributed by atoms with van der Waals surface area (Å²) in [5.41, 5.74) is 0. The van der Waals surface area contributed by atoms with Crippen molar-refractivity contribution in [1.82, 2.24) is 4.98 Å². The SMILES string of the molecule is Cl.Cl.[CH2]=[Ti]([CH3])([CH3])([CH3])([C]1=CC=CC1)[c]1ccc[nH]1. The average Bonchev–Trinajstić information content (AvgIpc) is 2.77. The van der Waals surface area contributed by atoms with Gasteiger partial charge < -0.3 is 0 Å². The van der Waals surface area contributed by atoms with Crippen LogP contribution in [0.2, 0.25) is 15.7 Å². The molecule has 1 heterocycles. The second-order valence-electron chi connectivity index (χ2n) is 6.95. The van der Waals surface area contributed by atoms with E-state index in [9.17, 15) is 0 Å². The predicted octanol–water partition coefficient (Wildman–Crippen LogP) is 4.13. The van der Waals surface area contributed by atoms with Gasteiger partial charge in [-0.15, -0.1) is 24.8 Å². The molecule has 0 atom stereocenters. The third-order valence-corrected chi connectivity index (χ3v) is 12.7. The predicted molar refractivity (Wildman–Crippen MR) is 81.5 cm³/mol. The normalized spacial score (nSPS) is 18.4. The molecule has 0 spiro atoms. The van der Waals surface area contributed by atoms with E-state index in [1.165, 1.54) is 7.88 Å². The zero-order valence-electron chi connectivity index (χ0n) is 10.7. The first kappa shape index (κ1) is 16.9. The van der Waals surface area contributed by atoms with Crippen LogP contribution in [0, 0.1) is 0 Å². The fourth-order valence-corrected chi connectivity index (χ4v) is 8.02. The maximum absolute atomic E-state index is 4.71. The van der Waals surface area contributed by atoms with Gasteiger partial charge in [-0.2, -0.15) is 0 Å². The van der Waals surface area contributed by atoms with Crippen LogP contribution in [0.3, 0.4) is 0 Å². The first-order chi connectivity index (χ1) is 6.74. The van der Waals surface area contributed by atoms with E-state index in [1.807, 2.05) is 6.20 Å². The molecule has 0 unspecified atom stereocenters. The van der Waals surface area contributed by atoms with Crippen LogP contribution in [0.15, 0.2) is 40.4 Å². The number of hydrogen-bond acceptors (Lipinski definition) is 0. The Kier molecular flexibility index (Phi) is 4.22. The molecule has 1 aromatic rings. The Morgan fingerprint density at radius 1 is 1.24 bits per heavy atom. The van der Waals surface area contributed by atoms with Gasteiger partial charge in [0.15, 0.2) is 0 Å². The van der Waals surface area contributed by atoms with Gasteiger partial charge in [0.2, 0.25) is 0 Å². The zero-order chi connectivity index (χ0) is 11.2. The molecule has 1 aromatic heterocycles.